The summed E-state index contributed by atoms with van der Waals surface area (Å²) in [6, 6.07) is 0.858. The van der Waals surface area contributed by atoms with Gasteiger partial charge in [-0.25, -0.2) is 4.98 Å². The molecule has 2 amide bonds. The maximum Gasteiger partial charge on any atom is 0.272 e. The number of hydrogen-bond acceptors (Lipinski definition) is 4. The highest BCUT2D eigenvalue weighted by Crippen LogP contribution is 2.04. The van der Waals surface area contributed by atoms with Crippen LogP contribution in [0.15, 0.2) is 18.6 Å². The molecule has 0 aromatic carbocycles. The molecule has 0 radical (unpaired) electrons. The van der Waals surface area contributed by atoms with E-state index in [1.807, 2.05) is 6.92 Å². The molecular formula is C13H18N6O2. The first-order chi connectivity index (χ1) is 10.1. The van der Waals surface area contributed by atoms with Crippen molar-refractivity contribution in [3.05, 3.63) is 35.7 Å². The van der Waals surface area contributed by atoms with E-state index < -0.39 is 17.9 Å². The number of nitrogens with two attached hydrogens (primary N) is 1. The van der Waals surface area contributed by atoms with Crippen LogP contribution in [-0.4, -0.2) is 38.0 Å². The van der Waals surface area contributed by atoms with E-state index in [0.29, 0.717) is 5.69 Å². The van der Waals surface area contributed by atoms with Gasteiger partial charge in [-0.05, 0) is 12.5 Å². The highest BCUT2D eigenvalue weighted by molar-refractivity contribution is 5.95. The molecule has 8 heteroatoms. The highest BCUT2D eigenvalue weighted by Gasteiger charge is 2.21. The molecule has 0 unspecified atom stereocenters. The Morgan fingerprint density at radius 2 is 2.24 bits per heavy atom. The Kier molecular flexibility index (Phi) is 4.70. The second kappa shape index (κ2) is 6.69. The van der Waals surface area contributed by atoms with Crippen molar-refractivity contribution in [2.75, 3.05) is 0 Å². The maximum absolute atomic E-state index is 12.1. The van der Waals surface area contributed by atoms with Crippen LogP contribution in [0.2, 0.25) is 0 Å². The fourth-order valence-corrected chi connectivity index (χ4v) is 1.95. The van der Waals surface area contributed by atoms with Crippen LogP contribution in [0.4, 0.5) is 0 Å². The van der Waals surface area contributed by atoms with Gasteiger partial charge in [0.05, 0.1) is 6.33 Å². The number of imidazole rings is 1. The van der Waals surface area contributed by atoms with Crippen molar-refractivity contribution in [3.63, 3.8) is 0 Å². The fourth-order valence-electron chi connectivity index (χ4n) is 1.95. The number of aromatic nitrogens is 4. The number of nitrogens with zero attached hydrogens (tertiary/aromatic N) is 2. The number of rotatable bonds is 7. The molecule has 0 aliphatic heterocycles. The summed E-state index contributed by atoms with van der Waals surface area (Å²) in [6.45, 7) is 2.04. The van der Waals surface area contributed by atoms with Gasteiger partial charge in [0.2, 0.25) is 5.91 Å². The molecule has 0 saturated carbocycles. The van der Waals surface area contributed by atoms with Crippen LogP contribution in [-0.2, 0) is 17.6 Å². The van der Waals surface area contributed by atoms with Gasteiger partial charge in [-0.2, -0.15) is 5.10 Å². The minimum Gasteiger partial charge on any atom is -0.368 e. The predicted molar refractivity (Wildman–Crippen MR) is 75.3 cm³/mol. The average molecular weight is 290 g/mol. The first-order valence-corrected chi connectivity index (χ1v) is 6.72. The fraction of sp³-hybridized carbons (Fsp3) is 0.385. The van der Waals surface area contributed by atoms with E-state index in [9.17, 15) is 9.59 Å². The molecule has 2 aromatic heterocycles. The second-order valence-electron chi connectivity index (χ2n) is 4.74. The van der Waals surface area contributed by atoms with Crippen LogP contribution >= 0.6 is 0 Å². The zero-order valence-electron chi connectivity index (χ0n) is 11.7. The molecular weight excluding hydrogens is 272 g/mol. The molecule has 0 bridgehead atoms. The van der Waals surface area contributed by atoms with Gasteiger partial charge in [0, 0.05) is 24.0 Å². The van der Waals surface area contributed by atoms with Gasteiger partial charge in [-0.1, -0.05) is 13.3 Å². The third-order valence-electron chi connectivity index (χ3n) is 3.01. The van der Waals surface area contributed by atoms with Crippen molar-refractivity contribution in [1.82, 2.24) is 25.5 Å². The van der Waals surface area contributed by atoms with Gasteiger partial charge >= 0.3 is 0 Å². The van der Waals surface area contributed by atoms with E-state index >= 15 is 0 Å². The Morgan fingerprint density at radius 1 is 1.43 bits per heavy atom. The number of aromatic amines is 2. The van der Waals surface area contributed by atoms with Gasteiger partial charge in [-0.15, -0.1) is 0 Å². The van der Waals surface area contributed by atoms with Crippen LogP contribution in [0.5, 0.6) is 0 Å². The largest absolute Gasteiger partial charge is 0.368 e. The van der Waals surface area contributed by atoms with Crippen molar-refractivity contribution in [1.29, 1.82) is 0 Å². The van der Waals surface area contributed by atoms with E-state index in [1.54, 1.807) is 12.3 Å². The Labute approximate surface area is 121 Å². The number of nitrogens with one attached hydrogen (secondary N) is 3. The van der Waals surface area contributed by atoms with Gasteiger partial charge < -0.3 is 16.0 Å². The van der Waals surface area contributed by atoms with Crippen molar-refractivity contribution in [2.45, 2.75) is 32.2 Å². The minimum atomic E-state index is -0.815. The van der Waals surface area contributed by atoms with Crippen LogP contribution in [0.1, 0.15) is 35.2 Å². The van der Waals surface area contributed by atoms with Crippen LogP contribution in [0.25, 0.3) is 0 Å². The van der Waals surface area contributed by atoms with Crippen LogP contribution in [0.3, 0.4) is 0 Å². The molecule has 2 heterocycles. The summed E-state index contributed by atoms with van der Waals surface area (Å²) in [6.07, 6.45) is 5.10. The summed E-state index contributed by atoms with van der Waals surface area (Å²) in [7, 11) is 0. The number of carbonyl (C=O) groups excluding carboxylic acids is 2. The van der Waals surface area contributed by atoms with E-state index in [-0.39, 0.29) is 12.1 Å². The Morgan fingerprint density at radius 3 is 2.86 bits per heavy atom. The molecule has 21 heavy (non-hydrogen) atoms. The predicted octanol–water partition coefficient (Wildman–Crippen LogP) is -0.0883. The Hall–Kier alpha value is -2.64. The molecule has 0 aliphatic carbocycles. The summed E-state index contributed by atoms with van der Waals surface area (Å²) < 4.78 is 0. The van der Waals surface area contributed by atoms with E-state index in [2.05, 4.69) is 25.5 Å². The van der Waals surface area contributed by atoms with Crippen LogP contribution < -0.4 is 11.1 Å². The number of aryl methyl sites for hydroxylation is 1. The highest BCUT2D eigenvalue weighted by atomic mass is 16.2. The lowest BCUT2D eigenvalue weighted by Crippen LogP contribution is -2.46. The molecule has 112 valence electrons. The molecule has 2 aromatic rings. The number of carbonyl (C=O) groups is 2. The summed E-state index contributed by atoms with van der Waals surface area (Å²) >= 11 is 0. The van der Waals surface area contributed by atoms with Gasteiger partial charge in [0.25, 0.3) is 5.91 Å². The lowest BCUT2D eigenvalue weighted by atomic mass is 10.1. The number of hydrogen-bond donors (Lipinski definition) is 4. The number of amides is 2. The van der Waals surface area contributed by atoms with E-state index in [0.717, 1.165) is 18.5 Å². The first kappa shape index (κ1) is 14.8. The Balaban J connectivity index is 2.01. The quantitative estimate of drug-likeness (QED) is 0.568. The lowest BCUT2D eigenvalue weighted by molar-refractivity contribution is -0.119. The topological polar surface area (TPSA) is 130 Å². The molecule has 8 nitrogen and oxygen atoms in total. The second-order valence-corrected chi connectivity index (χ2v) is 4.74. The molecule has 2 rings (SSSR count). The molecule has 0 spiro atoms. The monoisotopic (exact) mass is 290 g/mol. The van der Waals surface area contributed by atoms with Crippen molar-refractivity contribution in [3.8, 4) is 0 Å². The van der Waals surface area contributed by atoms with Gasteiger partial charge in [0.1, 0.15) is 11.7 Å². The SMILES string of the molecule is CCCc1cc(C(=O)N[C@@H](Cc2cnc[nH]2)C(N)=O)n[nH]1. The molecule has 0 fully saturated rings. The van der Waals surface area contributed by atoms with E-state index in [4.69, 9.17) is 5.73 Å². The van der Waals surface area contributed by atoms with Crippen molar-refractivity contribution in [2.24, 2.45) is 5.73 Å². The Bertz CT molecular complexity index is 604. The van der Waals surface area contributed by atoms with E-state index in [1.165, 1.54) is 6.33 Å². The maximum atomic E-state index is 12.1. The summed E-state index contributed by atoms with van der Waals surface area (Å²) in [5, 5.41) is 9.31. The van der Waals surface area contributed by atoms with Crippen molar-refractivity contribution < 1.29 is 9.59 Å². The standard InChI is InChI=1S/C13H18N6O2/c1-2-3-8-4-11(19-18-8)13(21)17-10(12(14)20)5-9-6-15-7-16-9/h4,6-7,10H,2-3,5H2,1H3,(H2,14,20)(H,15,16)(H,17,21)(H,18,19)/t10-/m0/s1. The minimum absolute atomic E-state index is 0.245. The summed E-state index contributed by atoms with van der Waals surface area (Å²) in [4.78, 5) is 30.2. The van der Waals surface area contributed by atoms with Gasteiger partial charge in [-0.3, -0.25) is 14.7 Å². The third-order valence-corrected chi connectivity index (χ3v) is 3.01. The smallest absolute Gasteiger partial charge is 0.272 e. The molecule has 1 atom stereocenters. The molecule has 5 N–H and O–H groups in total. The summed E-state index contributed by atoms with van der Waals surface area (Å²) in [5.41, 5.74) is 7.16. The average Bonchev–Trinajstić information content (AvgIpc) is 3.09. The molecule has 0 saturated heterocycles. The zero-order valence-corrected chi connectivity index (χ0v) is 11.7. The normalized spacial score (nSPS) is 12.0. The first-order valence-electron chi connectivity index (χ1n) is 6.72. The number of primary amides is 1. The third kappa shape index (κ3) is 3.91. The molecule has 0 aliphatic rings. The van der Waals surface area contributed by atoms with Gasteiger partial charge in [0.15, 0.2) is 0 Å². The van der Waals surface area contributed by atoms with Crippen LogP contribution in [0, 0.1) is 0 Å². The number of H-pyrrole nitrogens is 2. The summed E-state index contributed by atoms with van der Waals surface area (Å²) in [5.74, 6) is -1.04. The zero-order chi connectivity index (χ0) is 15.2. The lowest BCUT2D eigenvalue weighted by Gasteiger charge is -2.13. The van der Waals surface area contributed by atoms with Crippen molar-refractivity contribution >= 4 is 11.8 Å².